The third-order valence-electron chi connectivity index (χ3n) is 2.58. The minimum atomic E-state index is 0.0699. The summed E-state index contributed by atoms with van der Waals surface area (Å²) in [6, 6.07) is 8.83. The summed E-state index contributed by atoms with van der Waals surface area (Å²) in [6.07, 6.45) is 1.52. The average Bonchev–Trinajstić information content (AvgIpc) is 2.55. The minimum Gasteiger partial charge on any atom is -0.481 e. The fraction of sp³-hybridized carbons (Fsp3) is 0.143. The topological polar surface area (TPSA) is 104 Å². The van der Waals surface area contributed by atoms with Gasteiger partial charge >= 0.3 is 6.01 Å². The zero-order chi connectivity index (χ0) is 16.7. The first kappa shape index (κ1) is 16.4. The lowest BCUT2D eigenvalue weighted by Gasteiger charge is -2.09. The molecule has 1 aromatic carbocycles. The highest BCUT2D eigenvalue weighted by Crippen LogP contribution is 2.25. The van der Waals surface area contributed by atoms with Gasteiger partial charge in [-0.3, -0.25) is 5.43 Å². The lowest BCUT2D eigenvalue weighted by molar-refractivity contribution is 0.348. The number of thiocarbonyl (C=S) groups is 1. The molecule has 0 spiro atoms. The quantitative estimate of drug-likeness (QED) is 0.465. The second kappa shape index (κ2) is 7.90. The molecule has 0 aliphatic carbocycles. The Labute approximate surface area is 138 Å². The number of nitrogens with one attached hydrogen (secondary N) is 1. The van der Waals surface area contributed by atoms with Gasteiger partial charge in [-0.05, 0) is 24.4 Å². The van der Waals surface area contributed by atoms with E-state index >= 15 is 0 Å². The molecule has 0 bridgehead atoms. The molecule has 0 atom stereocenters. The maximum absolute atomic E-state index is 5.69. The molecule has 23 heavy (non-hydrogen) atoms. The largest absolute Gasteiger partial charge is 0.481 e. The van der Waals surface area contributed by atoms with Crippen molar-refractivity contribution in [1.29, 1.82) is 0 Å². The highest BCUT2D eigenvalue weighted by atomic mass is 32.1. The van der Waals surface area contributed by atoms with Crippen molar-refractivity contribution in [2.24, 2.45) is 10.8 Å². The smallest absolute Gasteiger partial charge is 0.328 e. The monoisotopic (exact) mass is 333 g/mol. The number of hydrazone groups is 1. The fourth-order valence-electron chi connectivity index (χ4n) is 1.58. The molecule has 1 aromatic heterocycles. The van der Waals surface area contributed by atoms with Gasteiger partial charge in [0, 0.05) is 5.56 Å². The number of nitrogens with two attached hydrogens (primary N) is 1. The molecule has 120 valence electrons. The molecule has 8 nitrogen and oxygen atoms in total. The summed E-state index contributed by atoms with van der Waals surface area (Å²) < 4.78 is 15.8. The summed E-state index contributed by atoms with van der Waals surface area (Å²) in [6.45, 7) is 0. The third-order valence-corrected chi connectivity index (χ3v) is 2.67. The summed E-state index contributed by atoms with van der Waals surface area (Å²) in [5, 5.41) is 3.97. The number of hydrogen-bond acceptors (Lipinski definition) is 7. The van der Waals surface area contributed by atoms with Crippen LogP contribution < -0.4 is 25.4 Å². The Hall–Kier alpha value is -2.94. The second-order valence-corrected chi connectivity index (χ2v) is 4.55. The van der Waals surface area contributed by atoms with Crippen molar-refractivity contribution in [3.8, 4) is 23.5 Å². The SMILES string of the molecule is COc1cc(OC)nc(Oc2ccccc2/C=N/NC(N)=S)n1. The van der Waals surface area contributed by atoms with E-state index in [0.29, 0.717) is 23.1 Å². The van der Waals surface area contributed by atoms with Gasteiger partial charge < -0.3 is 19.9 Å². The van der Waals surface area contributed by atoms with Crippen LogP contribution in [0.2, 0.25) is 0 Å². The first-order valence-corrected chi connectivity index (χ1v) is 6.85. The van der Waals surface area contributed by atoms with E-state index in [-0.39, 0.29) is 11.1 Å². The standard InChI is InChI=1S/C14H15N5O3S/c1-20-11-7-12(21-2)18-14(17-11)22-10-6-4-3-5-9(10)8-16-19-13(15)23/h3-8H,1-2H3,(H3,15,19,23)/b16-8+. The zero-order valence-corrected chi connectivity index (χ0v) is 13.3. The number of ether oxygens (including phenoxy) is 3. The summed E-state index contributed by atoms with van der Waals surface area (Å²) in [5.74, 6) is 1.15. The molecule has 1 heterocycles. The van der Waals surface area contributed by atoms with Gasteiger partial charge in [0.15, 0.2) is 5.11 Å². The number of hydrogen-bond donors (Lipinski definition) is 2. The van der Waals surface area contributed by atoms with Gasteiger partial charge in [0.2, 0.25) is 11.8 Å². The van der Waals surface area contributed by atoms with Gasteiger partial charge in [0.25, 0.3) is 0 Å². The van der Waals surface area contributed by atoms with Crippen LogP contribution >= 0.6 is 12.2 Å². The molecule has 0 saturated carbocycles. The molecule has 0 unspecified atom stereocenters. The predicted octanol–water partition coefficient (Wildman–Crippen LogP) is 1.45. The van der Waals surface area contributed by atoms with Crippen molar-refractivity contribution in [2.45, 2.75) is 0 Å². The Morgan fingerprint density at radius 3 is 2.48 bits per heavy atom. The number of rotatable bonds is 6. The Balaban J connectivity index is 2.26. The Morgan fingerprint density at radius 1 is 1.22 bits per heavy atom. The number of benzene rings is 1. The van der Waals surface area contributed by atoms with Crippen molar-refractivity contribution >= 4 is 23.5 Å². The van der Waals surface area contributed by atoms with Gasteiger partial charge in [0.05, 0.1) is 26.5 Å². The molecule has 9 heteroatoms. The molecule has 2 rings (SSSR count). The predicted molar refractivity (Wildman–Crippen MR) is 89.2 cm³/mol. The molecule has 0 fully saturated rings. The van der Waals surface area contributed by atoms with Crippen LogP contribution in [0.4, 0.5) is 0 Å². The average molecular weight is 333 g/mol. The molecule has 0 radical (unpaired) electrons. The summed E-state index contributed by atoms with van der Waals surface area (Å²) in [7, 11) is 2.99. The maximum atomic E-state index is 5.69. The van der Waals surface area contributed by atoms with Crippen LogP contribution in [-0.4, -0.2) is 35.5 Å². The normalized spacial score (nSPS) is 10.3. The van der Waals surface area contributed by atoms with Crippen molar-refractivity contribution in [2.75, 3.05) is 14.2 Å². The molecule has 0 aliphatic rings. The molecule has 0 saturated heterocycles. The molecule has 3 N–H and O–H groups in total. The van der Waals surface area contributed by atoms with Crippen molar-refractivity contribution in [1.82, 2.24) is 15.4 Å². The van der Waals surface area contributed by atoms with Crippen LogP contribution in [0, 0.1) is 0 Å². The molecular weight excluding hydrogens is 318 g/mol. The van der Waals surface area contributed by atoms with Crippen LogP contribution in [-0.2, 0) is 0 Å². The van der Waals surface area contributed by atoms with E-state index in [1.165, 1.54) is 20.4 Å². The molecule has 0 amide bonds. The summed E-state index contributed by atoms with van der Waals surface area (Å²) >= 11 is 4.68. The molecule has 2 aromatic rings. The van der Waals surface area contributed by atoms with Gasteiger partial charge in [0.1, 0.15) is 5.75 Å². The number of aromatic nitrogens is 2. The number of nitrogens with zero attached hydrogens (tertiary/aromatic N) is 3. The van der Waals surface area contributed by atoms with Crippen LogP contribution in [0.1, 0.15) is 5.56 Å². The van der Waals surface area contributed by atoms with E-state index in [4.69, 9.17) is 19.9 Å². The Bertz CT molecular complexity index is 701. The maximum Gasteiger partial charge on any atom is 0.328 e. The van der Waals surface area contributed by atoms with E-state index in [1.807, 2.05) is 12.1 Å². The van der Waals surface area contributed by atoms with E-state index in [0.717, 1.165) is 0 Å². The number of methoxy groups -OCH3 is 2. The van der Waals surface area contributed by atoms with Crippen LogP contribution in [0.5, 0.6) is 23.5 Å². The van der Waals surface area contributed by atoms with E-state index < -0.39 is 0 Å². The first-order valence-electron chi connectivity index (χ1n) is 6.45. The van der Waals surface area contributed by atoms with Crippen molar-refractivity contribution < 1.29 is 14.2 Å². The fourth-order valence-corrected chi connectivity index (χ4v) is 1.64. The van der Waals surface area contributed by atoms with Gasteiger partial charge in [-0.25, -0.2) is 0 Å². The van der Waals surface area contributed by atoms with Crippen LogP contribution in [0.25, 0.3) is 0 Å². The molecule has 0 aliphatic heterocycles. The third kappa shape index (κ3) is 4.78. The Morgan fingerprint density at radius 2 is 1.87 bits per heavy atom. The highest BCUT2D eigenvalue weighted by molar-refractivity contribution is 7.80. The van der Waals surface area contributed by atoms with Crippen molar-refractivity contribution in [3.05, 3.63) is 35.9 Å². The second-order valence-electron chi connectivity index (χ2n) is 4.11. The van der Waals surface area contributed by atoms with Gasteiger partial charge in [-0.1, -0.05) is 12.1 Å². The van der Waals surface area contributed by atoms with Gasteiger partial charge in [-0.2, -0.15) is 15.1 Å². The van der Waals surface area contributed by atoms with E-state index in [2.05, 4.69) is 32.7 Å². The van der Waals surface area contributed by atoms with Crippen LogP contribution in [0.15, 0.2) is 35.4 Å². The van der Waals surface area contributed by atoms with Crippen molar-refractivity contribution in [3.63, 3.8) is 0 Å². The van der Waals surface area contributed by atoms with Gasteiger partial charge in [-0.15, -0.1) is 0 Å². The minimum absolute atomic E-state index is 0.0699. The lowest BCUT2D eigenvalue weighted by Crippen LogP contribution is -2.24. The van der Waals surface area contributed by atoms with E-state index in [9.17, 15) is 0 Å². The molecular formula is C14H15N5O3S. The highest BCUT2D eigenvalue weighted by Gasteiger charge is 2.09. The summed E-state index contributed by atoms with van der Waals surface area (Å²) in [5.41, 5.74) is 8.47. The Kier molecular flexibility index (Phi) is 5.64. The number of para-hydroxylation sites is 1. The lowest BCUT2D eigenvalue weighted by atomic mass is 10.2. The summed E-state index contributed by atoms with van der Waals surface area (Å²) in [4.78, 5) is 8.22. The van der Waals surface area contributed by atoms with E-state index in [1.54, 1.807) is 18.2 Å². The zero-order valence-electron chi connectivity index (χ0n) is 12.5. The first-order chi connectivity index (χ1) is 11.1. The van der Waals surface area contributed by atoms with Crippen LogP contribution in [0.3, 0.4) is 0 Å².